The van der Waals surface area contributed by atoms with Gasteiger partial charge in [-0.1, -0.05) is 11.6 Å². The van der Waals surface area contributed by atoms with E-state index in [9.17, 15) is 0 Å². The van der Waals surface area contributed by atoms with E-state index in [-0.39, 0.29) is 5.54 Å². The average molecular weight is 378 g/mol. The summed E-state index contributed by atoms with van der Waals surface area (Å²) in [7, 11) is 0. The number of morpholine rings is 1. The lowest BCUT2D eigenvalue weighted by molar-refractivity contribution is 0.0117. The number of piperazine rings is 1. The van der Waals surface area contributed by atoms with Crippen molar-refractivity contribution in [1.82, 2.24) is 9.80 Å². The molecule has 2 N–H and O–H groups in total. The number of anilines is 1. The zero-order chi connectivity index (χ0) is 18.0. The largest absolute Gasteiger partial charge is 0.379 e. The van der Waals surface area contributed by atoms with Gasteiger partial charge in [0.1, 0.15) is 0 Å². The number of rotatable bonds is 4. The highest BCUT2D eigenvalue weighted by Crippen LogP contribution is 2.42. The summed E-state index contributed by atoms with van der Waals surface area (Å²) in [5.41, 5.74) is 7.78. The molecule has 2 saturated heterocycles. The van der Waals surface area contributed by atoms with Crippen LogP contribution in [0.25, 0.3) is 0 Å². The number of nitrogens with two attached hydrogens (primary N) is 1. The van der Waals surface area contributed by atoms with Crippen molar-refractivity contribution >= 4 is 23.2 Å². The van der Waals surface area contributed by atoms with Crippen LogP contribution in [0, 0.1) is 0 Å². The van der Waals surface area contributed by atoms with E-state index in [4.69, 9.17) is 27.1 Å². The number of hydrogen-bond acceptors (Lipinski definition) is 4. The minimum absolute atomic E-state index is 0.250. The van der Waals surface area contributed by atoms with E-state index in [0.717, 1.165) is 64.0 Å². The predicted molar refractivity (Wildman–Crippen MR) is 106 cm³/mol. The van der Waals surface area contributed by atoms with Crippen molar-refractivity contribution < 1.29 is 4.74 Å². The lowest BCUT2D eigenvalue weighted by atomic mass is 10.2. The van der Waals surface area contributed by atoms with Crippen LogP contribution in [-0.2, 0) is 4.74 Å². The molecule has 0 spiro atoms. The number of halogens is 1. The SMILES string of the molecule is NC(=NCC1(N2CCOCC2)CC1)N1CCN(c2ccc(Cl)cc2)CC1. The molecular formula is C19H28ClN5O. The third-order valence-electron chi connectivity index (χ3n) is 5.84. The van der Waals surface area contributed by atoms with Gasteiger partial charge in [0.05, 0.1) is 19.8 Å². The van der Waals surface area contributed by atoms with Crippen molar-refractivity contribution in [2.45, 2.75) is 18.4 Å². The Morgan fingerprint density at radius 3 is 2.31 bits per heavy atom. The van der Waals surface area contributed by atoms with Crippen LogP contribution in [0.4, 0.5) is 5.69 Å². The topological polar surface area (TPSA) is 57.3 Å². The Labute approximate surface area is 160 Å². The molecule has 2 heterocycles. The zero-order valence-electron chi connectivity index (χ0n) is 15.2. The Bertz CT molecular complexity index is 632. The molecule has 26 heavy (non-hydrogen) atoms. The van der Waals surface area contributed by atoms with Crippen LogP contribution in [0.5, 0.6) is 0 Å². The van der Waals surface area contributed by atoms with Crippen molar-refractivity contribution in [1.29, 1.82) is 0 Å². The maximum Gasteiger partial charge on any atom is 0.191 e. The Balaban J connectivity index is 1.30. The fourth-order valence-corrected chi connectivity index (χ4v) is 4.06. The molecule has 2 aliphatic heterocycles. The molecule has 1 aliphatic carbocycles. The second kappa shape index (κ2) is 7.62. The molecule has 3 fully saturated rings. The van der Waals surface area contributed by atoms with Crippen molar-refractivity contribution in [2.24, 2.45) is 10.7 Å². The lowest BCUT2D eigenvalue weighted by Gasteiger charge is -2.37. The molecule has 142 valence electrons. The van der Waals surface area contributed by atoms with Crippen LogP contribution in [0.15, 0.2) is 29.3 Å². The molecule has 0 amide bonds. The summed E-state index contributed by atoms with van der Waals surface area (Å²) in [6, 6.07) is 8.04. The second-order valence-corrected chi connectivity index (χ2v) is 7.89. The summed E-state index contributed by atoms with van der Waals surface area (Å²) in [5, 5.41) is 0.776. The van der Waals surface area contributed by atoms with Gasteiger partial charge in [0.15, 0.2) is 5.96 Å². The fraction of sp³-hybridized carbons (Fsp3) is 0.632. The first-order valence-electron chi connectivity index (χ1n) is 9.55. The van der Waals surface area contributed by atoms with E-state index in [1.54, 1.807) is 0 Å². The number of hydrogen-bond donors (Lipinski definition) is 1. The fourth-order valence-electron chi connectivity index (χ4n) is 3.93. The molecule has 1 saturated carbocycles. The summed E-state index contributed by atoms with van der Waals surface area (Å²) in [6.07, 6.45) is 2.46. The molecule has 0 unspecified atom stereocenters. The van der Waals surface area contributed by atoms with Crippen LogP contribution in [0.3, 0.4) is 0 Å². The molecule has 1 aromatic rings. The van der Waals surface area contributed by atoms with Gasteiger partial charge in [0, 0.05) is 55.5 Å². The van der Waals surface area contributed by atoms with Gasteiger partial charge < -0.3 is 20.3 Å². The minimum Gasteiger partial charge on any atom is -0.379 e. The number of ether oxygens (including phenoxy) is 1. The van der Waals surface area contributed by atoms with E-state index in [0.29, 0.717) is 5.96 Å². The third kappa shape index (κ3) is 3.92. The summed E-state index contributed by atoms with van der Waals surface area (Å²) in [6.45, 7) is 8.26. The van der Waals surface area contributed by atoms with Gasteiger partial charge >= 0.3 is 0 Å². The highest BCUT2D eigenvalue weighted by Gasteiger charge is 2.48. The normalized spacial score (nSPS) is 24.0. The minimum atomic E-state index is 0.250. The number of guanidine groups is 1. The maximum atomic E-state index is 6.31. The Hall–Kier alpha value is -1.50. The summed E-state index contributed by atoms with van der Waals surface area (Å²) < 4.78 is 5.47. The van der Waals surface area contributed by atoms with E-state index in [2.05, 4.69) is 26.8 Å². The molecule has 1 aromatic carbocycles. The lowest BCUT2D eigenvalue weighted by Crippen LogP contribution is -2.52. The van der Waals surface area contributed by atoms with Crippen LogP contribution in [-0.4, -0.2) is 80.3 Å². The summed E-state index contributed by atoms with van der Waals surface area (Å²) in [5.74, 6) is 0.695. The summed E-state index contributed by atoms with van der Waals surface area (Å²) in [4.78, 5) is 11.9. The van der Waals surface area contributed by atoms with Crippen molar-refractivity contribution in [3.8, 4) is 0 Å². The second-order valence-electron chi connectivity index (χ2n) is 7.45. The van der Waals surface area contributed by atoms with E-state index < -0.39 is 0 Å². The van der Waals surface area contributed by atoms with E-state index in [1.807, 2.05) is 12.1 Å². The highest BCUT2D eigenvalue weighted by atomic mass is 35.5. The van der Waals surface area contributed by atoms with Gasteiger partial charge in [-0.2, -0.15) is 0 Å². The average Bonchev–Trinajstić information content (AvgIpc) is 3.49. The number of nitrogens with zero attached hydrogens (tertiary/aromatic N) is 4. The van der Waals surface area contributed by atoms with Gasteiger partial charge in [-0.05, 0) is 37.1 Å². The van der Waals surface area contributed by atoms with Gasteiger partial charge in [-0.3, -0.25) is 9.89 Å². The number of aliphatic imine (C=N–C) groups is 1. The van der Waals surface area contributed by atoms with E-state index in [1.165, 1.54) is 18.5 Å². The smallest absolute Gasteiger partial charge is 0.191 e. The molecule has 7 heteroatoms. The molecule has 0 radical (unpaired) electrons. The standard InChI is InChI=1S/C19H28ClN5O/c20-16-1-3-17(4-2-16)23-7-9-24(10-8-23)18(21)22-15-19(5-6-19)25-11-13-26-14-12-25/h1-4H,5-15H2,(H2,21,22). The zero-order valence-corrected chi connectivity index (χ0v) is 16.0. The van der Waals surface area contributed by atoms with Crippen LogP contribution in [0.2, 0.25) is 5.02 Å². The van der Waals surface area contributed by atoms with Crippen molar-refractivity contribution in [2.75, 3.05) is 63.9 Å². The van der Waals surface area contributed by atoms with Crippen LogP contribution >= 0.6 is 11.6 Å². The Kier molecular flexibility index (Phi) is 5.25. The highest BCUT2D eigenvalue weighted by molar-refractivity contribution is 6.30. The molecule has 4 rings (SSSR count). The van der Waals surface area contributed by atoms with Crippen molar-refractivity contribution in [3.05, 3.63) is 29.3 Å². The summed E-state index contributed by atoms with van der Waals surface area (Å²) >= 11 is 5.98. The Morgan fingerprint density at radius 2 is 1.69 bits per heavy atom. The van der Waals surface area contributed by atoms with Crippen LogP contribution < -0.4 is 10.6 Å². The third-order valence-corrected chi connectivity index (χ3v) is 6.09. The molecule has 0 aromatic heterocycles. The van der Waals surface area contributed by atoms with Gasteiger partial charge in [-0.15, -0.1) is 0 Å². The van der Waals surface area contributed by atoms with Gasteiger partial charge in [-0.25, -0.2) is 0 Å². The van der Waals surface area contributed by atoms with E-state index >= 15 is 0 Å². The maximum absolute atomic E-state index is 6.31. The van der Waals surface area contributed by atoms with Gasteiger partial charge in [0.2, 0.25) is 0 Å². The number of benzene rings is 1. The molecular weight excluding hydrogens is 350 g/mol. The molecule has 0 bridgehead atoms. The van der Waals surface area contributed by atoms with Crippen LogP contribution in [0.1, 0.15) is 12.8 Å². The quantitative estimate of drug-likeness (QED) is 0.638. The molecule has 0 atom stereocenters. The first-order chi connectivity index (χ1) is 12.7. The predicted octanol–water partition coefficient (Wildman–Crippen LogP) is 1.64. The molecule has 3 aliphatic rings. The van der Waals surface area contributed by atoms with Crippen molar-refractivity contribution in [3.63, 3.8) is 0 Å². The molecule has 6 nitrogen and oxygen atoms in total. The van der Waals surface area contributed by atoms with Gasteiger partial charge in [0.25, 0.3) is 0 Å². The first-order valence-corrected chi connectivity index (χ1v) is 9.92. The first kappa shape index (κ1) is 17.9. The Morgan fingerprint density at radius 1 is 1.04 bits per heavy atom. The monoisotopic (exact) mass is 377 g/mol.